The zero-order valence-electron chi connectivity index (χ0n) is 6.24. The van der Waals surface area contributed by atoms with Crippen molar-refractivity contribution in [2.24, 2.45) is 0 Å². The van der Waals surface area contributed by atoms with Gasteiger partial charge in [-0.15, -0.1) is 0 Å². The molecule has 14 heavy (non-hydrogen) atoms. The summed E-state index contributed by atoms with van der Waals surface area (Å²) in [6, 6.07) is 0. The molecule has 2 N–H and O–H groups in total. The Kier molecular flexibility index (Phi) is 12.1. The Balaban J connectivity index is -0.000000605. The smallest absolute Gasteiger partial charge is 0.462 e. The van der Waals surface area contributed by atoms with Gasteiger partial charge in [0.2, 0.25) is 0 Å². The van der Waals surface area contributed by atoms with Crippen LogP contribution in [0.1, 0.15) is 0 Å². The fraction of sp³-hybridized carbons (Fsp3) is 0. The first-order valence-corrected chi connectivity index (χ1v) is 2.34. The molecule has 0 bridgehead atoms. The van der Waals surface area contributed by atoms with E-state index in [4.69, 9.17) is 10.2 Å². The topological polar surface area (TPSA) is 127 Å². The van der Waals surface area contributed by atoms with Crippen LogP contribution in [0, 0.1) is 0 Å². The van der Waals surface area contributed by atoms with Crippen molar-refractivity contribution in [2.45, 2.75) is 0 Å². The van der Waals surface area contributed by atoms with Crippen molar-refractivity contribution in [2.75, 3.05) is 0 Å². The second-order valence-corrected chi connectivity index (χ2v) is 1.35. The molecule has 0 unspecified atom stereocenters. The molecule has 0 saturated heterocycles. The summed E-state index contributed by atoms with van der Waals surface area (Å²) in [6.07, 6.45) is 0. The van der Waals surface area contributed by atoms with Gasteiger partial charge in [0.05, 0.1) is 0 Å². The summed E-state index contributed by atoms with van der Waals surface area (Å²) in [5.41, 5.74) is 0. The Bertz CT molecular complexity index is 222. The number of hydrogen-bond acceptors (Lipinski definition) is 6. The van der Waals surface area contributed by atoms with Crippen molar-refractivity contribution in [3.8, 4) is 0 Å². The zero-order valence-corrected chi connectivity index (χ0v) is 10.6. The molecule has 76 valence electrons. The Hall–Kier alpha value is -0.639. The Morgan fingerprint density at radius 3 is 1.07 bits per heavy atom. The van der Waals surface area contributed by atoms with E-state index in [1.165, 1.54) is 0 Å². The summed E-state index contributed by atoms with van der Waals surface area (Å²) in [5.74, 6) is -7.78. The van der Waals surface area contributed by atoms with Crippen LogP contribution in [0.2, 0.25) is 0 Å². The third kappa shape index (κ3) is 7.98. The number of carbonyl (C=O) groups is 4. The SMILES string of the molecule is O=C(O)C(=O)OOC(=O)C(=O)O.[Nb].[Nb]. The first kappa shape index (κ1) is 19.0. The van der Waals surface area contributed by atoms with Gasteiger partial charge in [-0.3, -0.25) is 0 Å². The largest absolute Gasteiger partial charge is 0.473 e. The van der Waals surface area contributed by atoms with Crippen molar-refractivity contribution in [1.29, 1.82) is 0 Å². The van der Waals surface area contributed by atoms with Gasteiger partial charge in [-0.05, 0) is 0 Å². The molecule has 0 aromatic heterocycles. The van der Waals surface area contributed by atoms with E-state index in [-0.39, 0.29) is 44.8 Å². The minimum atomic E-state index is -2.01. The predicted molar refractivity (Wildman–Crippen MR) is 27.5 cm³/mol. The van der Waals surface area contributed by atoms with E-state index in [2.05, 4.69) is 9.78 Å². The molecule has 0 aliphatic heterocycles. The summed E-state index contributed by atoms with van der Waals surface area (Å²) >= 11 is 0. The van der Waals surface area contributed by atoms with E-state index < -0.39 is 23.9 Å². The van der Waals surface area contributed by atoms with Crippen LogP contribution in [-0.2, 0) is 73.7 Å². The molecule has 0 fully saturated rings. The molecule has 0 atom stereocenters. The predicted octanol–water partition coefficient (Wildman–Crippen LogP) is -1.85. The fourth-order valence-electron chi connectivity index (χ4n) is 0.147. The van der Waals surface area contributed by atoms with Crippen molar-refractivity contribution in [3.05, 3.63) is 0 Å². The standard InChI is InChI=1S/C4H2O8.2Nb/c5-1(6)3(9)11-12-4(10)2(7)8;;/h(H,5,6)(H,7,8);;. The molecule has 0 aromatic carbocycles. The summed E-state index contributed by atoms with van der Waals surface area (Å²) in [4.78, 5) is 45.8. The second-order valence-electron chi connectivity index (χ2n) is 1.35. The van der Waals surface area contributed by atoms with Crippen molar-refractivity contribution >= 4 is 23.9 Å². The molecule has 0 aromatic rings. The van der Waals surface area contributed by atoms with E-state index in [1.54, 1.807) is 0 Å². The van der Waals surface area contributed by atoms with Gasteiger partial charge in [-0.25, -0.2) is 29.0 Å². The normalized spacial score (nSPS) is 7.14. The third-order valence-corrected chi connectivity index (χ3v) is 0.542. The molecule has 0 rings (SSSR count). The third-order valence-electron chi connectivity index (χ3n) is 0.542. The van der Waals surface area contributed by atoms with Crippen molar-refractivity contribution < 1.29 is 83.9 Å². The zero-order chi connectivity index (χ0) is 9.72. The van der Waals surface area contributed by atoms with Gasteiger partial charge in [0.1, 0.15) is 0 Å². The molecule has 0 aliphatic carbocycles. The van der Waals surface area contributed by atoms with Crippen LogP contribution in [0.4, 0.5) is 0 Å². The quantitative estimate of drug-likeness (QED) is 0.222. The maximum absolute atomic E-state index is 9.98. The number of carboxylic acids is 2. The monoisotopic (exact) mass is 364 g/mol. The molecule has 0 spiro atoms. The van der Waals surface area contributed by atoms with Gasteiger partial charge in [-0.1, -0.05) is 0 Å². The van der Waals surface area contributed by atoms with Gasteiger partial charge < -0.3 is 10.2 Å². The minimum absolute atomic E-state index is 0. The van der Waals surface area contributed by atoms with E-state index >= 15 is 0 Å². The number of hydrogen-bond donors (Lipinski definition) is 2. The van der Waals surface area contributed by atoms with Crippen LogP contribution >= 0.6 is 0 Å². The molecule has 2 radical (unpaired) electrons. The van der Waals surface area contributed by atoms with Crippen LogP contribution < -0.4 is 0 Å². The Morgan fingerprint density at radius 2 is 0.929 bits per heavy atom. The number of rotatable bonds is 0. The molecule has 0 saturated carbocycles. The molecule has 0 heterocycles. The Morgan fingerprint density at radius 1 is 0.714 bits per heavy atom. The van der Waals surface area contributed by atoms with Gasteiger partial charge in [0.25, 0.3) is 0 Å². The molecule has 0 aliphatic rings. The van der Waals surface area contributed by atoms with Gasteiger partial charge in [0.15, 0.2) is 0 Å². The van der Waals surface area contributed by atoms with Gasteiger partial charge >= 0.3 is 23.9 Å². The van der Waals surface area contributed by atoms with Crippen LogP contribution in [-0.4, -0.2) is 34.1 Å². The van der Waals surface area contributed by atoms with Crippen LogP contribution in [0.25, 0.3) is 0 Å². The first-order chi connectivity index (χ1) is 5.45. The van der Waals surface area contributed by atoms with E-state index in [1.807, 2.05) is 0 Å². The van der Waals surface area contributed by atoms with E-state index in [0.29, 0.717) is 0 Å². The van der Waals surface area contributed by atoms with Crippen molar-refractivity contribution in [3.63, 3.8) is 0 Å². The molecular weight excluding hydrogens is 362 g/mol. The average Bonchev–Trinajstić information content (AvgIpc) is 1.98. The summed E-state index contributed by atoms with van der Waals surface area (Å²) < 4.78 is 0. The molecule has 0 amide bonds. The van der Waals surface area contributed by atoms with Crippen LogP contribution in [0.15, 0.2) is 0 Å². The molecule has 10 heteroatoms. The van der Waals surface area contributed by atoms with E-state index in [0.717, 1.165) is 0 Å². The summed E-state index contributed by atoms with van der Waals surface area (Å²) in [7, 11) is 0. The summed E-state index contributed by atoms with van der Waals surface area (Å²) in [6.45, 7) is 0. The van der Waals surface area contributed by atoms with Crippen LogP contribution in [0.5, 0.6) is 0 Å². The maximum Gasteiger partial charge on any atom is 0.462 e. The van der Waals surface area contributed by atoms with Crippen molar-refractivity contribution in [1.82, 2.24) is 0 Å². The summed E-state index contributed by atoms with van der Waals surface area (Å²) in [5, 5.41) is 15.6. The fourth-order valence-corrected chi connectivity index (χ4v) is 0.147. The van der Waals surface area contributed by atoms with Gasteiger partial charge in [-0.2, -0.15) is 0 Å². The van der Waals surface area contributed by atoms with Crippen LogP contribution in [0.3, 0.4) is 0 Å². The number of aliphatic carboxylic acids is 2. The number of carboxylic acid groups (broad SMARTS) is 2. The Labute approximate surface area is 107 Å². The molecule has 8 nitrogen and oxygen atoms in total. The minimum Gasteiger partial charge on any atom is -0.473 e. The average molecular weight is 364 g/mol. The van der Waals surface area contributed by atoms with Gasteiger partial charge in [0, 0.05) is 44.8 Å². The second kappa shape index (κ2) is 8.94. The first-order valence-electron chi connectivity index (χ1n) is 2.34. The van der Waals surface area contributed by atoms with E-state index in [9.17, 15) is 19.2 Å². The number of carbonyl (C=O) groups excluding carboxylic acids is 2. The molecular formula is C4H2Nb2O8. The maximum atomic E-state index is 9.98.